The van der Waals surface area contributed by atoms with Gasteiger partial charge in [-0.05, 0) is 19.1 Å². The summed E-state index contributed by atoms with van der Waals surface area (Å²) in [4.78, 5) is 22.9. The molecule has 26 heavy (non-hydrogen) atoms. The minimum atomic E-state index is 0.0265. The Balaban J connectivity index is 1.51. The molecule has 0 saturated heterocycles. The number of hydrogen-bond acceptors (Lipinski definition) is 3. The van der Waals surface area contributed by atoms with Crippen LogP contribution in [0.4, 0.5) is 0 Å². The highest BCUT2D eigenvalue weighted by atomic mass is 16.2. The Bertz CT molecular complexity index is 1170. The van der Waals surface area contributed by atoms with E-state index in [1.54, 1.807) is 10.9 Å². The number of H-pyrrole nitrogens is 1. The number of pyridine rings is 1. The average Bonchev–Trinajstić information content (AvgIpc) is 3.17. The SMILES string of the molecule is Cc1nn(C)c2ncc(C(=O)N3CCc4[nH]c5ccccc5c4C3)cc12. The summed E-state index contributed by atoms with van der Waals surface area (Å²) in [6, 6.07) is 10.2. The van der Waals surface area contributed by atoms with E-state index in [9.17, 15) is 4.79 Å². The highest BCUT2D eigenvalue weighted by Crippen LogP contribution is 2.28. The third kappa shape index (κ3) is 2.15. The number of para-hydroxylation sites is 1. The van der Waals surface area contributed by atoms with Gasteiger partial charge in [-0.3, -0.25) is 9.48 Å². The molecule has 1 aromatic carbocycles. The van der Waals surface area contributed by atoms with E-state index < -0.39 is 0 Å². The van der Waals surface area contributed by atoms with Crippen LogP contribution in [-0.4, -0.2) is 37.1 Å². The van der Waals surface area contributed by atoms with E-state index >= 15 is 0 Å². The Morgan fingerprint density at radius 1 is 1.23 bits per heavy atom. The molecule has 4 aromatic rings. The van der Waals surface area contributed by atoms with Gasteiger partial charge in [-0.1, -0.05) is 18.2 Å². The van der Waals surface area contributed by atoms with Crippen LogP contribution in [0.5, 0.6) is 0 Å². The maximum Gasteiger partial charge on any atom is 0.255 e. The second kappa shape index (κ2) is 5.42. The summed E-state index contributed by atoms with van der Waals surface area (Å²) < 4.78 is 1.75. The van der Waals surface area contributed by atoms with E-state index in [4.69, 9.17) is 0 Å². The van der Waals surface area contributed by atoms with Crippen LogP contribution >= 0.6 is 0 Å². The van der Waals surface area contributed by atoms with E-state index in [0.29, 0.717) is 18.7 Å². The number of rotatable bonds is 1. The molecule has 6 nitrogen and oxygen atoms in total. The smallest absolute Gasteiger partial charge is 0.255 e. The van der Waals surface area contributed by atoms with Crippen molar-refractivity contribution in [3.05, 3.63) is 59.0 Å². The normalized spacial score (nSPS) is 14.2. The molecule has 6 heteroatoms. The van der Waals surface area contributed by atoms with Crippen molar-refractivity contribution < 1.29 is 4.79 Å². The number of benzene rings is 1. The maximum absolute atomic E-state index is 13.1. The number of nitrogens with one attached hydrogen (secondary N) is 1. The van der Waals surface area contributed by atoms with Crippen molar-refractivity contribution >= 4 is 27.8 Å². The van der Waals surface area contributed by atoms with E-state index in [0.717, 1.165) is 28.7 Å². The van der Waals surface area contributed by atoms with Gasteiger partial charge in [-0.2, -0.15) is 5.10 Å². The molecule has 5 rings (SSSR count). The fourth-order valence-corrected chi connectivity index (χ4v) is 3.95. The number of fused-ring (bicyclic) bond motifs is 4. The summed E-state index contributed by atoms with van der Waals surface area (Å²) in [6.07, 6.45) is 2.51. The van der Waals surface area contributed by atoms with E-state index in [2.05, 4.69) is 27.2 Å². The van der Waals surface area contributed by atoms with Crippen LogP contribution in [-0.2, 0) is 20.0 Å². The summed E-state index contributed by atoms with van der Waals surface area (Å²) in [5.74, 6) is 0.0265. The molecule has 0 saturated carbocycles. The molecule has 0 radical (unpaired) electrons. The quantitative estimate of drug-likeness (QED) is 0.577. The predicted molar refractivity (Wildman–Crippen MR) is 100.0 cm³/mol. The van der Waals surface area contributed by atoms with Crippen LogP contribution in [0.2, 0.25) is 0 Å². The Hall–Kier alpha value is -3.15. The van der Waals surface area contributed by atoms with Gasteiger partial charge < -0.3 is 9.88 Å². The zero-order valence-corrected chi connectivity index (χ0v) is 14.8. The van der Waals surface area contributed by atoms with Crippen molar-refractivity contribution in [3.63, 3.8) is 0 Å². The highest BCUT2D eigenvalue weighted by molar-refractivity contribution is 5.98. The molecular formula is C20H19N5O. The number of nitrogens with zero attached hydrogens (tertiary/aromatic N) is 4. The topological polar surface area (TPSA) is 66.8 Å². The van der Waals surface area contributed by atoms with Crippen LogP contribution < -0.4 is 0 Å². The molecule has 0 atom stereocenters. The van der Waals surface area contributed by atoms with Crippen molar-refractivity contribution in [2.24, 2.45) is 7.05 Å². The lowest BCUT2D eigenvalue weighted by molar-refractivity contribution is 0.0735. The zero-order valence-electron chi connectivity index (χ0n) is 14.8. The first kappa shape index (κ1) is 15.1. The van der Waals surface area contributed by atoms with Gasteiger partial charge in [0.25, 0.3) is 5.91 Å². The monoisotopic (exact) mass is 345 g/mol. The van der Waals surface area contributed by atoms with Crippen molar-refractivity contribution in [3.8, 4) is 0 Å². The lowest BCUT2D eigenvalue weighted by Crippen LogP contribution is -2.35. The maximum atomic E-state index is 13.1. The summed E-state index contributed by atoms with van der Waals surface area (Å²) in [7, 11) is 1.87. The zero-order chi connectivity index (χ0) is 17.8. The number of aromatic amines is 1. The van der Waals surface area contributed by atoms with Crippen LogP contribution in [0.25, 0.3) is 21.9 Å². The van der Waals surface area contributed by atoms with Gasteiger partial charge in [0.2, 0.25) is 0 Å². The van der Waals surface area contributed by atoms with Crippen LogP contribution in [0.15, 0.2) is 36.5 Å². The van der Waals surface area contributed by atoms with Crippen molar-refractivity contribution in [1.29, 1.82) is 0 Å². The number of amides is 1. The van der Waals surface area contributed by atoms with Gasteiger partial charge in [0, 0.05) is 60.3 Å². The van der Waals surface area contributed by atoms with Gasteiger partial charge >= 0.3 is 0 Å². The molecule has 0 unspecified atom stereocenters. The van der Waals surface area contributed by atoms with E-state index in [-0.39, 0.29) is 5.91 Å². The van der Waals surface area contributed by atoms with Gasteiger partial charge in [-0.15, -0.1) is 0 Å². The molecule has 1 amide bonds. The molecule has 4 heterocycles. The molecule has 0 bridgehead atoms. The Morgan fingerprint density at radius 2 is 2.08 bits per heavy atom. The van der Waals surface area contributed by atoms with Crippen LogP contribution in [0.1, 0.15) is 27.3 Å². The number of carbonyl (C=O) groups excluding carboxylic acids is 1. The number of aryl methyl sites for hydroxylation is 2. The fourth-order valence-electron chi connectivity index (χ4n) is 3.95. The molecular weight excluding hydrogens is 326 g/mol. The van der Waals surface area contributed by atoms with Gasteiger partial charge in [0.05, 0.1) is 11.3 Å². The summed E-state index contributed by atoms with van der Waals surface area (Å²) in [6.45, 7) is 3.28. The molecule has 0 spiro atoms. The molecule has 1 aliphatic rings. The minimum Gasteiger partial charge on any atom is -0.358 e. The standard InChI is InChI=1S/C20H19N5O/c1-12-15-9-13(10-21-19(15)24(2)23-12)20(26)25-8-7-18-16(11-25)14-5-3-4-6-17(14)22-18/h3-6,9-10,22H,7-8,11H2,1-2H3. The Kier molecular flexibility index (Phi) is 3.16. The predicted octanol–water partition coefficient (Wildman–Crippen LogP) is 2.96. The average molecular weight is 345 g/mol. The second-order valence-corrected chi connectivity index (χ2v) is 6.91. The first-order valence-corrected chi connectivity index (χ1v) is 8.79. The lowest BCUT2D eigenvalue weighted by atomic mass is 10.0. The first-order chi connectivity index (χ1) is 12.6. The Labute approximate surface area is 150 Å². The minimum absolute atomic E-state index is 0.0265. The van der Waals surface area contributed by atoms with Crippen molar-refractivity contribution in [1.82, 2.24) is 24.6 Å². The fraction of sp³-hybridized carbons (Fsp3) is 0.250. The number of aromatic nitrogens is 4. The summed E-state index contributed by atoms with van der Waals surface area (Å²) >= 11 is 0. The van der Waals surface area contributed by atoms with Gasteiger partial charge in [0.15, 0.2) is 5.65 Å². The molecule has 0 fully saturated rings. The van der Waals surface area contributed by atoms with Crippen LogP contribution in [0.3, 0.4) is 0 Å². The third-order valence-corrected chi connectivity index (χ3v) is 5.28. The molecule has 1 N–H and O–H groups in total. The largest absolute Gasteiger partial charge is 0.358 e. The summed E-state index contributed by atoms with van der Waals surface area (Å²) in [5, 5.41) is 6.52. The van der Waals surface area contributed by atoms with Gasteiger partial charge in [-0.25, -0.2) is 4.98 Å². The highest BCUT2D eigenvalue weighted by Gasteiger charge is 2.25. The van der Waals surface area contributed by atoms with E-state index in [1.807, 2.05) is 37.1 Å². The second-order valence-electron chi connectivity index (χ2n) is 6.91. The lowest BCUT2D eigenvalue weighted by Gasteiger charge is -2.27. The van der Waals surface area contributed by atoms with Gasteiger partial charge in [0.1, 0.15) is 0 Å². The molecule has 0 aliphatic carbocycles. The number of carbonyl (C=O) groups is 1. The Morgan fingerprint density at radius 3 is 2.96 bits per heavy atom. The number of hydrogen-bond donors (Lipinski definition) is 1. The van der Waals surface area contributed by atoms with E-state index in [1.165, 1.54) is 16.6 Å². The van der Waals surface area contributed by atoms with Crippen molar-refractivity contribution in [2.45, 2.75) is 19.9 Å². The first-order valence-electron chi connectivity index (χ1n) is 8.79. The summed E-state index contributed by atoms with van der Waals surface area (Å²) in [5.41, 5.74) is 5.93. The molecule has 130 valence electrons. The molecule has 3 aromatic heterocycles. The molecule has 1 aliphatic heterocycles. The third-order valence-electron chi connectivity index (χ3n) is 5.28. The van der Waals surface area contributed by atoms with Crippen LogP contribution in [0, 0.1) is 6.92 Å². The van der Waals surface area contributed by atoms with Crippen molar-refractivity contribution in [2.75, 3.05) is 6.54 Å².